The number of rotatable bonds is 10. The van der Waals surface area contributed by atoms with Crippen molar-refractivity contribution in [2.24, 2.45) is 5.73 Å². The number of nitrogen functional groups attached to an aromatic ring is 1. The number of carbonyl (C=O) groups is 3. The molecule has 0 unspecified atom stereocenters. The number of primary amides is 1. The first kappa shape index (κ1) is 26.6. The van der Waals surface area contributed by atoms with Crippen LogP contribution in [0.4, 0.5) is 21.5 Å². The number of methoxy groups -OCH3 is 1. The highest BCUT2D eigenvalue weighted by Crippen LogP contribution is 2.33. The number of nitrogens with zero attached hydrogens (tertiary/aromatic N) is 3. The molecule has 0 saturated carbocycles. The number of anilines is 3. The number of nitrogens with two attached hydrogens (primary N) is 2. The molecule has 2 aromatic carbocycles. The van der Waals surface area contributed by atoms with Gasteiger partial charge in [-0.2, -0.15) is 4.37 Å². The first-order valence-corrected chi connectivity index (χ1v) is 11.6. The molecule has 1 atom stereocenters. The average Bonchev–Trinajstić information content (AvgIpc) is 3.24. The Bertz CT molecular complexity index is 1230. The van der Waals surface area contributed by atoms with Crippen LogP contribution in [0.15, 0.2) is 48.5 Å². The number of hydrogen-bond donors (Lipinski definition) is 3. The maximum Gasteiger partial charge on any atom is 0.273 e. The lowest BCUT2D eigenvalue weighted by atomic mass is 10.0. The number of amides is 3. The Morgan fingerprint density at radius 2 is 1.69 bits per heavy atom. The Hall–Kier alpha value is -4.03. The summed E-state index contributed by atoms with van der Waals surface area (Å²) in [5.74, 6) is -2.60. The van der Waals surface area contributed by atoms with Crippen LogP contribution in [0.3, 0.4) is 0 Å². The molecule has 5 N–H and O–H groups in total. The zero-order valence-electron chi connectivity index (χ0n) is 20.0. The topological polar surface area (TPSA) is 144 Å². The molecule has 190 valence electrons. The van der Waals surface area contributed by atoms with Crippen molar-refractivity contribution in [3.8, 4) is 0 Å². The van der Waals surface area contributed by atoms with Crippen LogP contribution in [0.5, 0.6) is 0 Å². The summed E-state index contributed by atoms with van der Waals surface area (Å²) in [7, 11) is 5.25. The minimum atomic E-state index is -1.17. The van der Waals surface area contributed by atoms with E-state index in [1.807, 2.05) is 31.1 Å². The van der Waals surface area contributed by atoms with E-state index in [1.165, 1.54) is 36.3 Å². The van der Waals surface area contributed by atoms with Gasteiger partial charge in [0.25, 0.3) is 11.8 Å². The predicted molar refractivity (Wildman–Crippen MR) is 137 cm³/mol. The highest BCUT2D eigenvalue weighted by atomic mass is 32.1. The van der Waals surface area contributed by atoms with E-state index in [0.717, 1.165) is 5.69 Å². The molecule has 0 radical (unpaired) electrons. The molecule has 1 aromatic heterocycles. The fraction of sp³-hybridized carbons (Fsp3) is 0.250. The van der Waals surface area contributed by atoms with Gasteiger partial charge < -0.3 is 26.4 Å². The predicted octanol–water partition coefficient (Wildman–Crippen LogP) is 2.18. The number of hydrogen-bond acceptors (Lipinski definition) is 8. The van der Waals surface area contributed by atoms with E-state index in [-0.39, 0.29) is 35.1 Å². The SMILES string of the molecule is COCCNC(=O)[C@H](c1ccc(N(C)C)cc1)N(C(=O)c1snc(C(N)=O)c1N)c1ccc(F)cc1. The number of benzene rings is 2. The molecule has 0 aliphatic carbocycles. The minimum absolute atomic E-state index is 0.0762. The van der Waals surface area contributed by atoms with Gasteiger partial charge in [-0.3, -0.25) is 19.3 Å². The lowest BCUT2D eigenvalue weighted by Gasteiger charge is -2.31. The quantitative estimate of drug-likeness (QED) is 0.352. The second-order valence-electron chi connectivity index (χ2n) is 7.96. The third-order valence-corrected chi connectivity index (χ3v) is 6.17. The van der Waals surface area contributed by atoms with Crippen LogP contribution in [0.25, 0.3) is 0 Å². The fourth-order valence-electron chi connectivity index (χ4n) is 3.47. The molecule has 0 aliphatic heterocycles. The standard InChI is InChI=1S/C24H27FN6O4S/c1-30(2)16-8-4-14(5-9-16)20(23(33)28-12-13-35-3)31(17-10-6-15(25)7-11-17)24(34)21-18(26)19(22(27)32)29-36-21/h4-11,20H,12-13,26H2,1-3H3,(H2,27,32)(H,28,33)/t20-/m0/s1. The van der Waals surface area contributed by atoms with E-state index in [2.05, 4.69) is 9.69 Å². The molecule has 12 heteroatoms. The minimum Gasteiger partial charge on any atom is -0.395 e. The molecular weight excluding hydrogens is 487 g/mol. The summed E-state index contributed by atoms with van der Waals surface area (Å²) in [4.78, 5) is 42.0. The second-order valence-corrected chi connectivity index (χ2v) is 8.74. The van der Waals surface area contributed by atoms with Crippen LogP contribution >= 0.6 is 11.5 Å². The lowest BCUT2D eigenvalue weighted by Crippen LogP contribution is -2.44. The number of ether oxygens (including phenoxy) is 1. The Morgan fingerprint density at radius 3 is 2.22 bits per heavy atom. The van der Waals surface area contributed by atoms with Crippen molar-refractivity contribution in [2.75, 3.05) is 49.9 Å². The molecule has 0 saturated heterocycles. The Kier molecular flexibility index (Phi) is 8.56. The van der Waals surface area contributed by atoms with Gasteiger partial charge in [-0.1, -0.05) is 12.1 Å². The summed E-state index contributed by atoms with van der Waals surface area (Å²) in [5.41, 5.74) is 12.5. The van der Waals surface area contributed by atoms with Crippen molar-refractivity contribution in [1.82, 2.24) is 9.69 Å². The van der Waals surface area contributed by atoms with Gasteiger partial charge in [-0.15, -0.1) is 0 Å². The van der Waals surface area contributed by atoms with Crippen LogP contribution in [0.1, 0.15) is 31.8 Å². The molecule has 36 heavy (non-hydrogen) atoms. The summed E-state index contributed by atoms with van der Waals surface area (Å²) in [6, 6.07) is 11.0. The van der Waals surface area contributed by atoms with Gasteiger partial charge in [0.1, 0.15) is 16.7 Å². The van der Waals surface area contributed by atoms with Crippen LogP contribution in [-0.4, -0.2) is 56.5 Å². The molecule has 1 heterocycles. The Labute approximate surface area is 211 Å². The van der Waals surface area contributed by atoms with Crippen molar-refractivity contribution in [3.05, 3.63) is 70.5 Å². The third-order valence-electron chi connectivity index (χ3n) is 5.32. The Balaban J connectivity index is 2.17. The van der Waals surface area contributed by atoms with Crippen molar-refractivity contribution < 1.29 is 23.5 Å². The zero-order chi connectivity index (χ0) is 26.4. The van der Waals surface area contributed by atoms with Gasteiger partial charge in [0.2, 0.25) is 5.91 Å². The molecule has 3 aromatic rings. The highest BCUT2D eigenvalue weighted by Gasteiger charge is 2.36. The van der Waals surface area contributed by atoms with Crippen LogP contribution in [0.2, 0.25) is 0 Å². The Morgan fingerprint density at radius 1 is 1.08 bits per heavy atom. The second kappa shape index (κ2) is 11.6. The van der Waals surface area contributed by atoms with Gasteiger partial charge >= 0.3 is 0 Å². The first-order valence-electron chi connectivity index (χ1n) is 10.8. The zero-order valence-corrected chi connectivity index (χ0v) is 20.8. The van der Waals surface area contributed by atoms with Gasteiger partial charge in [-0.25, -0.2) is 4.39 Å². The third kappa shape index (κ3) is 5.78. The number of carbonyl (C=O) groups excluding carboxylic acids is 3. The summed E-state index contributed by atoms with van der Waals surface area (Å²) in [5, 5.41) is 2.77. The van der Waals surface area contributed by atoms with E-state index in [1.54, 1.807) is 12.1 Å². The maximum atomic E-state index is 13.9. The average molecular weight is 515 g/mol. The van der Waals surface area contributed by atoms with Crippen molar-refractivity contribution >= 4 is 46.3 Å². The largest absolute Gasteiger partial charge is 0.395 e. The molecule has 0 fully saturated rings. The molecule has 10 nitrogen and oxygen atoms in total. The van der Waals surface area contributed by atoms with Crippen molar-refractivity contribution in [1.29, 1.82) is 0 Å². The smallest absolute Gasteiger partial charge is 0.273 e. The molecule has 3 rings (SSSR count). The van der Waals surface area contributed by atoms with Gasteiger partial charge in [0.15, 0.2) is 5.69 Å². The van der Waals surface area contributed by atoms with Crippen LogP contribution in [-0.2, 0) is 9.53 Å². The van der Waals surface area contributed by atoms with E-state index in [0.29, 0.717) is 17.1 Å². The fourth-order valence-corrected chi connectivity index (χ4v) is 4.21. The number of halogens is 1. The molecule has 0 spiro atoms. The van der Waals surface area contributed by atoms with E-state index >= 15 is 0 Å². The van der Waals surface area contributed by atoms with E-state index in [4.69, 9.17) is 16.2 Å². The monoisotopic (exact) mass is 514 g/mol. The van der Waals surface area contributed by atoms with E-state index in [9.17, 15) is 18.8 Å². The highest BCUT2D eigenvalue weighted by molar-refractivity contribution is 7.09. The summed E-state index contributed by atoms with van der Waals surface area (Å²) >= 11 is 0.691. The van der Waals surface area contributed by atoms with Crippen LogP contribution < -0.4 is 26.6 Å². The molecule has 3 amide bonds. The van der Waals surface area contributed by atoms with Gasteiger partial charge in [0.05, 0.1) is 12.3 Å². The number of aromatic nitrogens is 1. The van der Waals surface area contributed by atoms with Crippen LogP contribution in [0, 0.1) is 5.82 Å². The molecule has 0 aliphatic rings. The van der Waals surface area contributed by atoms with Crippen molar-refractivity contribution in [3.63, 3.8) is 0 Å². The first-order chi connectivity index (χ1) is 17.1. The molecule has 0 bridgehead atoms. The van der Waals surface area contributed by atoms with Gasteiger partial charge in [-0.05, 0) is 53.5 Å². The lowest BCUT2D eigenvalue weighted by molar-refractivity contribution is -0.122. The normalized spacial score (nSPS) is 11.6. The summed E-state index contributed by atoms with van der Waals surface area (Å²) in [6.07, 6.45) is 0. The summed E-state index contributed by atoms with van der Waals surface area (Å²) < 4.78 is 22.7. The van der Waals surface area contributed by atoms with Gasteiger partial charge in [0, 0.05) is 39.1 Å². The molecular formula is C24H27FN6O4S. The maximum absolute atomic E-state index is 13.9. The summed E-state index contributed by atoms with van der Waals surface area (Å²) in [6.45, 7) is 0.452. The number of nitrogens with one attached hydrogen (secondary N) is 1. The van der Waals surface area contributed by atoms with E-state index < -0.39 is 29.6 Å². The van der Waals surface area contributed by atoms with Crippen molar-refractivity contribution in [2.45, 2.75) is 6.04 Å².